The minimum absolute atomic E-state index is 0.108. The number of aromatic nitrogens is 2. The Balaban J connectivity index is 1.52. The normalized spacial score (nSPS) is 19.4. The van der Waals surface area contributed by atoms with Gasteiger partial charge in [-0.25, -0.2) is 9.97 Å². The zero-order chi connectivity index (χ0) is 22.5. The quantitative estimate of drug-likeness (QED) is 0.736. The van der Waals surface area contributed by atoms with E-state index in [2.05, 4.69) is 15.3 Å². The van der Waals surface area contributed by atoms with Crippen molar-refractivity contribution in [2.45, 2.75) is 64.3 Å². The van der Waals surface area contributed by atoms with Gasteiger partial charge in [-0.3, -0.25) is 9.59 Å². The number of piperidine rings is 1. The molecule has 2 heterocycles. The number of carbonyl (C=O) groups is 2. The van der Waals surface area contributed by atoms with Crippen molar-refractivity contribution in [3.63, 3.8) is 0 Å². The monoisotopic (exact) mass is 436 g/mol. The number of benzene rings is 1. The fraction of sp³-hybridized carbons (Fsp3) is 0.520. The second kappa shape index (κ2) is 10.1. The van der Waals surface area contributed by atoms with Crippen molar-refractivity contribution >= 4 is 17.5 Å². The van der Waals surface area contributed by atoms with Gasteiger partial charge < -0.3 is 15.0 Å². The molecule has 1 aliphatic carbocycles. The number of methoxy groups -OCH3 is 1. The Hall–Kier alpha value is -2.96. The number of nitrogens with zero attached hydrogens (tertiary/aromatic N) is 3. The lowest BCUT2D eigenvalue weighted by atomic mass is 9.87. The number of nitrogens with one attached hydrogen (secondary N) is 1. The van der Waals surface area contributed by atoms with Gasteiger partial charge in [0.2, 0.25) is 5.91 Å². The van der Waals surface area contributed by atoms with Crippen molar-refractivity contribution in [3.05, 3.63) is 47.5 Å². The van der Waals surface area contributed by atoms with E-state index in [1.165, 1.54) is 6.42 Å². The molecule has 7 heteroatoms. The molecule has 2 aliphatic rings. The second-order valence-electron chi connectivity index (χ2n) is 8.76. The summed E-state index contributed by atoms with van der Waals surface area (Å²) >= 11 is 0. The van der Waals surface area contributed by atoms with Gasteiger partial charge in [-0.1, -0.05) is 31.4 Å². The average Bonchev–Trinajstić information content (AvgIpc) is 2.84. The zero-order valence-electron chi connectivity index (χ0n) is 19.0. The number of likely N-dealkylation sites (tertiary alicyclic amines) is 1. The van der Waals surface area contributed by atoms with Crippen molar-refractivity contribution in [2.75, 3.05) is 19.0 Å². The molecule has 32 heavy (non-hydrogen) atoms. The van der Waals surface area contributed by atoms with Gasteiger partial charge in [0.05, 0.1) is 30.1 Å². The molecule has 1 aromatic heterocycles. The van der Waals surface area contributed by atoms with Crippen molar-refractivity contribution in [3.8, 4) is 5.75 Å². The maximum Gasteiger partial charge on any atom is 0.259 e. The maximum atomic E-state index is 13.3. The van der Waals surface area contributed by atoms with E-state index in [1.54, 1.807) is 25.4 Å². The zero-order valence-corrected chi connectivity index (χ0v) is 19.0. The molecule has 0 bridgehead atoms. The number of rotatable bonds is 5. The molecule has 1 saturated heterocycles. The minimum Gasteiger partial charge on any atom is -0.495 e. The van der Waals surface area contributed by atoms with Gasteiger partial charge in [-0.05, 0) is 51.2 Å². The van der Waals surface area contributed by atoms with E-state index < -0.39 is 0 Å². The molecule has 0 radical (unpaired) electrons. The van der Waals surface area contributed by atoms with Crippen LogP contribution in [0.2, 0.25) is 0 Å². The van der Waals surface area contributed by atoms with E-state index in [0.717, 1.165) is 51.5 Å². The van der Waals surface area contributed by atoms with E-state index >= 15 is 0 Å². The predicted octanol–water partition coefficient (Wildman–Crippen LogP) is 4.68. The van der Waals surface area contributed by atoms with Crippen molar-refractivity contribution in [1.29, 1.82) is 0 Å². The molecule has 4 rings (SSSR count). The summed E-state index contributed by atoms with van der Waals surface area (Å²) in [6, 6.07) is 7.16. The van der Waals surface area contributed by atoms with Gasteiger partial charge in [0.15, 0.2) is 5.82 Å². The topological polar surface area (TPSA) is 84.4 Å². The largest absolute Gasteiger partial charge is 0.495 e. The number of para-hydroxylation sites is 2. The first-order valence-corrected chi connectivity index (χ1v) is 11.7. The van der Waals surface area contributed by atoms with Gasteiger partial charge in [-0.2, -0.15) is 0 Å². The SMILES string of the molecule is COc1ccccc1NC(=O)c1cnc([C@@H]2CCCCN2C(=O)C2CCCCC2)nc1C. The third-order valence-electron chi connectivity index (χ3n) is 6.64. The number of anilines is 1. The van der Waals surface area contributed by atoms with Gasteiger partial charge in [0.1, 0.15) is 5.75 Å². The van der Waals surface area contributed by atoms with E-state index in [1.807, 2.05) is 24.0 Å². The van der Waals surface area contributed by atoms with Crippen LogP contribution in [0.5, 0.6) is 5.75 Å². The number of aryl methyl sites for hydroxylation is 1. The molecule has 0 unspecified atom stereocenters. The van der Waals surface area contributed by atoms with Crippen LogP contribution >= 0.6 is 0 Å². The van der Waals surface area contributed by atoms with E-state index in [0.29, 0.717) is 28.5 Å². The highest BCUT2D eigenvalue weighted by Crippen LogP contribution is 2.34. The molecule has 0 spiro atoms. The highest BCUT2D eigenvalue weighted by Gasteiger charge is 2.34. The number of hydrogen-bond donors (Lipinski definition) is 1. The fourth-order valence-electron chi connectivity index (χ4n) is 4.85. The van der Waals surface area contributed by atoms with Crippen LogP contribution in [0.15, 0.2) is 30.5 Å². The van der Waals surface area contributed by atoms with Crippen molar-refractivity contribution in [1.82, 2.24) is 14.9 Å². The van der Waals surface area contributed by atoms with Gasteiger partial charge >= 0.3 is 0 Å². The average molecular weight is 437 g/mol. The molecule has 1 saturated carbocycles. The first-order chi connectivity index (χ1) is 15.6. The number of amides is 2. The van der Waals surface area contributed by atoms with Crippen molar-refractivity contribution < 1.29 is 14.3 Å². The molecule has 2 amide bonds. The number of carbonyl (C=O) groups excluding carboxylic acids is 2. The van der Waals surface area contributed by atoms with E-state index in [-0.39, 0.29) is 23.8 Å². The molecule has 1 atom stereocenters. The summed E-state index contributed by atoms with van der Waals surface area (Å²) < 4.78 is 5.31. The fourth-order valence-corrected chi connectivity index (χ4v) is 4.85. The highest BCUT2D eigenvalue weighted by atomic mass is 16.5. The Kier molecular flexibility index (Phi) is 7.02. The molecule has 2 aromatic rings. The molecular formula is C25H32N4O3. The lowest BCUT2D eigenvalue weighted by Crippen LogP contribution is -2.43. The summed E-state index contributed by atoms with van der Waals surface area (Å²) in [6.07, 6.45) is 10.0. The Morgan fingerprint density at radius 1 is 1.06 bits per heavy atom. The molecule has 2 fully saturated rings. The van der Waals surface area contributed by atoms with Gasteiger partial charge in [-0.15, -0.1) is 0 Å². The Bertz CT molecular complexity index is 971. The third-order valence-corrected chi connectivity index (χ3v) is 6.64. The predicted molar refractivity (Wildman–Crippen MR) is 123 cm³/mol. The van der Waals surface area contributed by atoms with Crippen LogP contribution in [0.4, 0.5) is 5.69 Å². The lowest BCUT2D eigenvalue weighted by Gasteiger charge is -2.38. The summed E-state index contributed by atoms with van der Waals surface area (Å²) in [5, 5.41) is 2.88. The number of hydrogen-bond acceptors (Lipinski definition) is 5. The second-order valence-corrected chi connectivity index (χ2v) is 8.76. The summed E-state index contributed by atoms with van der Waals surface area (Å²) in [5.41, 5.74) is 1.62. The van der Waals surface area contributed by atoms with E-state index in [4.69, 9.17) is 4.74 Å². The van der Waals surface area contributed by atoms with Crippen LogP contribution in [0.25, 0.3) is 0 Å². The maximum absolute atomic E-state index is 13.3. The third kappa shape index (κ3) is 4.76. The van der Waals surface area contributed by atoms with Crippen molar-refractivity contribution in [2.24, 2.45) is 5.92 Å². The van der Waals surface area contributed by atoms with Crippen LogP contribution in [0.1, 0.15) is 79.3 Å². The summed E-state index contributed by atoms with van der Waals surface area (Å²) in [4.78, 5) is 37.3. The van der Waals surface area contributed by atoms with Crippen LogP contribution < -0.4 is 10.1 Å². The first kappa shape index (κ1) is 22.2. The molecule has 7 nitrogen and oxygen atoms in total. The first-order valence-electron chi connectivity index (χ1n) is 11.7. The Labute approximate surface area is 189 Å². The Morgan fingerprint density at radius 2 is 1.81 bits per heavy atom. The summed E-state index contributed by atoms with van der Waals surface area (Å²) in [6.45, 7) is 2.58. The lowest BCUT2D eigenvalue weighted by molar-refractivity contribution is -0.140. The summed E-state index contributed by atoms with van der Waals surface area (Å²) in [5.74, 6) is 1.35. The van der Waals surface area contributed by atoms with Gasteiger partial charge in [0, 0.05) is 18.7 Å². The standard InChI is InChI=1S/C25H32N4O3/c1-17-19(24(30)28-20-12-6-7-14-22(20)32-2)16-26-23(27-17)21-13-8-9-15-29(21)25(31)18-10-4-3-5-11-18/h6-7,12,14,16,18,21H,3-5,8-11,13,15H2,1-2H3,(H,28,30)/t21-/m0/s1. The van der Waals surface area contributed by atoms with Crippen LogP contribution in [-0.2, 0) is 4.79 Å². The number of ether oxygens (including phenoxy) is 1. The van der Waals surface area contributed by atoms with Gasteiger partial charge in [0.25, 0.3) is 5.91 Å². The Morgan fingerprint density at radius 3 is 2.56 bits per heavy atom. The summed E-state index contributed by atoms with van der Waals surface area (Å²) in [7, 11) is 1.57. The van der Waals surface area contributed by atoms with Crippen LogP contribution in [0, 0.1) is 12.8 Å². The molecule has 1 aromatic carbocycles. The minimum atomic E-state index is -0.280. The highest BCUT2D eigenvalue weighted by molar-refractivity contribution is 6.05. The smallest absolute Gasteiger partial charge is 0.259 e. The molecule has 1 aliphatic heterocycles. The molecule has 1 N–H and O–H groups in total. The van der Waals surface area contributed by atoms with E-state index in [9.17, 15) is 9.59 Å². The molecule has 170 valence electrons. The molecular weight excluding hydrogens is 404 g/mol. The van der Waals surface area contributed by atoms with Crippen LogP contribution in [-0.4, -0.2) is 40.3 Å². The van der Waals surface area contributed by atoms with Crippen LogP contribution in [0.3, 0.4) is 0 Å².